The molecule has 0 saturated carbocycles. The minimum atomic E-state index is -0.822. The van der Waals surface area contributed by atoms with E-state index in [1.54, 1.807) is 7.11 Å². The second-order valence-electron chi connectivity index (χ2n) is 8.02. The van der Waals surface area contributed by atoms with Gasteiger partial charge in [0.1, 0.15) is 23.7 Å². The molecule has 0 fully saturated rings. The molecule has 0 unspecified atom stereocenters. The summed E-state index contributed by atoms with van der Waals surface area (Å²) in [4.78, 5) is 19.9. The normalized spacial score (nSPS) is 10.6. The molecule has 0 atom stereocenters. The third kappa shape index (κ3) is 5.44. The van der Waals surface area contributed by atoms with Crippen LogP contribution in [-0.2, 0) is 11.2 Å². The quantitative estimate of drug-likeness (QED) is 0.322. The van der Waals surface area contributed by atoms with E-state index in [-0.39, 0.29) is 37.4 Å². The number of nitrogens with zero attached hydrogens (tertiary/aromatic N) is 2. The number of nitrogens with one attached hydrogen (secondary N) is 1. The van der Waals surface area contributed by atoms with Crippen molar-refractivity contribution >= 4 is 28.6 Å². The number of anilines is 2. The molecule has 2 heterocycles. The van der Waals surface area contributed by atoms with E-state index in [0.29, 0.717) is 23.7 Å². The summed E-state index contributed by atoms with van der Waals surface area (Å²) in [6, 6.07) is 25.3. The Hall–Kier alpha value is -3.65. The van der Waals surface area contributed by atoms with Gasteiger partial charge in [0.05, 0.1) is 12.5 Å². The van der Waals surface area contributed by atoms with Crippen LogP contribution in [0.25, 0.3) is 33.6 Å². The molecule has 2 N–H and O–H groups in total. The van der Waals surface area contributed by atoms with Crippen LogP contribution in [0.3, 0.4) is 0 Å². The first-order valence-corrected chi connectivity index (χ1v) is 11.2. The molecular weight excluding hydrogens is 465 g/mol. The number of hydrogen-bond acceptors (Lipinski definition) is 6. The molecule has 2 aromatic heterocycles. The van der Waals surface area contributed by atoms with Crippen LogP contribution in [0.2, 0.25) is 0 Å². The summed E-state index contributed by atoms with van der Waals surface area (Å²) in [5.41, 5.74) is 4.94. The molecule has 5 aromatic rings. The number of fused-ring (bicyclic) bond motifs is 1. The van der Waals surface area contributed by atoms with Crippen molar-refractivity contribution < 1.29 is 50.0 Å². The number of benzene rings is 3. The molecule has 0 amide bonds. The summed E-state index contributed by atoms with van der Waals surface area (Å²) in [5.74, 6) is 1.24. The Morgan fingerprint density at radius 2 is 1.78 bits per heavy atom. The summed E-state index contributed by atoms with van der Waals surface area (Å²) < 4.78 is 11.6. The third-order valence-corrected chi connectivity index (χ3v) is 5.72. The van der Waals surface area contributed by atoms with Gasteiger partial charge in [-0.15, -0.1) is 0 Å². The van der Waals surface area contributed by atoms with Gasteiger partial charge in [0.2, 0.25) is 5.71 Å². The number of aryl methyl sites for hydroxylation is 1. The van der Waals surface area contributed by atoms with Gasteiger partial charge in [0.25, 0.3) is 0 Å². The van der Waals surface area contributed by atoms with E-state index in [9.17, 15) is 4.79 Å². The van der Waals surface area contributed by atoms with Gasteiger partial charge in [-0.3, -0.25) is 4.79 Å². The van der Waals surface area contributed by atoms with E-state index in [4.69, 9.17) is 14.3 Å². The molecule has 0 aliphatic carbocycles. The maximum Gasteiger partial charge on any atom is 1.00 e. The average Bonchev–Trinajstić information content (AvgIpc) is 3.29. The van der Waals surface area contributed by atoms with E-state index >= 15 is 0 Å². The molecule has 176 valence electrons. The number of hydrogen-bond donors (Lipinski definition) is 2. The van der Waals surface area contributed by atoms with Crippen molar-refractivity contribution in [1.29, 1.82) is 0 Å². The van der Waals surface area contributed by atoms with Crippen molar-refractivity contribution in [3.05, 3.63) is 90.8 Å². The number of furan rings is 1. The van der Waals surface area contributed by atoms with Crippen molar-refractivity contribution in [2.75, 3.05) is 12.4 Å². The van der Waals surface area contributed by atoms with E-state index in [1.165, 1.54) is 6.33 Å². The van der Waals surface area contributed by atoms with Crippen LogP contribution in [0.15, 0.2) is 89.6 Å². The van der Waals surface area contributed by atoms with Gasteiger partial charge in [-0.2, -0.15) is 0 Å². The summed E-state index contributed by atoms with van der Waals surface area (Å²) in [6.45, 7) is 0. The maximum atomic E-state index is 11.0. The Morgan fingerprint density at radius 1 is 1.00 bits per heavy atom. The zero-order valence-electron chi connectivity index (χ0n) is 21.1. The van der Waals surface area contributed by atoms with Gasteiger partial charge in [-0.05, 0) is 41.8 Å². The van der Waals surface area contributed by atoms with E-state index in [2.05, 4.69) is 15.3 Å². The van der Waals surface area contributed by atoms with Crippen LogP contribution in [-0.4, -0.2) is 28.2 Å². The Labute approximate surface area is 231 Å². The number of carbonyl (C=O) groups is 1. The average molecular weight is 490 g/mol. The fraction of sp³-hybridized carbons (Fsp3) is 0.107. The number of aliphatic carboxylic acids is 1. The molecule has 0 saturated heterocycles. The molecular formula is C28H24N3NaO4. The first-order valence-electron chi connectivity index (χ1n) is 11.2. The molecule has 36 heavy (non-hydrogen) atoms. The standard InChI is InChI=1S/C28H23N3O4.Na.H/c1-34-22-13-11-19(12-14-22)24-25-27(31-21-9-5-6-18(16-21)10-15-23(32)33)29-17-30-28(25)35-26(24)20-7-3-2-4-8-20;;/h2-9,11-14,16-17H,10,15H2,1H3,(H,32,33)(H,29,30,31);;/q;+1;-1. The van der Waals surface area contributed by atoms with Gasteiger partial charge in [-0.25, -0.2) is 9.97 Å². The van der Waals surface area contributed by atoms with Crippen LogP contribution in [0.1, 0.15) is 13.4 Å². The van der Waals surface area contributed by atoms with Gasteiger partial charge in [0, 0.05) is 23.2 Å². The van der Waals surface area contributed by atoms with Crippen molar-refractivity contribution in [2.24, 2.45) is 0 Å². The number of rotatable bonds is 8. The predicted molar refractivity (Wildman–Crippen MR) is 136 cm³/mol. The van der Waals surface area contributed by atoms with Crippen LogP contribution < -0.4 is 39.6 Å². The summed E-state index contributed by atoms with van der Waals surface area (Å²) in [5, 5.41) is 13.2. The first-order chi connectivity index (χ1) is 17.1. The molecule has 0 bridgehead atoms. The Kier molecular flexibility index (Phi) is 8.05. The van der Waals surface area contributed by atoms with E-state index in [1.807, 2.05) is 78.9 Å². The fourth-order valence-corrected chi connectivity index (χ4v) is 4.05. The molecule has 0 aliphatic heterocycles. The van der Waals surface area contributed by atoms with Gasteiger partial charge >= 0.3 is 35.5 Å². The fourth-order valence-electron chi connectivity index (χ4n) is 4.05. The van der Waals surface area contributed by atoms with Crippen molar-refractivity contribution in [3.63, 3.8) is 0 Å². The maximum absolute atomic E-state index is 11.0. The summed E-state index contributed by atoms with van der Waals surface area (Å²) in [7, 11) is 1.64. The second-order valence-corrected chi connectivity index (χ2v) is 8.02. The Bertz CT molecular complexity index is 1490. The molecule has 7 nitrogen and oxygen atoms in total. The van der Waals surface area contributed by atoms with Crippen molar-refractivity contribution in [2.45, 2.75) is 12.8 Å². The zero-order valence-corrected chi connectivity index (χ0v) is 22.1. The number of aromatic nitrogens is 2. The number of carboxylic acid groups (broad SMARTS) is 1. The van der Waals surface area contributed by atoms with Crippen LogP contribution in [0.4, 0.5) is 11.5 Å². The molecule has 0 spiro atoms. The molecule has 5 rings (SSSR count). The third-order valence-electron chi connectivity index (χ3n) is 5.72. The van der Waals surface area contributed by atoms with Crippen molar-refractivity contribution in [3.8, 4) is 28.2 Å². The predicted octanol–water partition coefficient (Wildman–Crippen LogP) is 3.44. The van der Waals surface area contributed by atoms with Gasteiger partial charge in [0.15, 0.2) is 0 Å². The van der Waals surface area contributed by atoms with Gasteiger partial charge < -0.3 is 21.0 Å². The minimum absolute atomic E-state index is 0. The Morgan fingerprint density at radius 3 is 2.50 bits per heavy atom. The SMILES string of the molecule is COc1ccc(-c2c(-c3ccccc3)oc3ncnc(Nc4cccc(CCC(=O)O)c4)c23)cc1.[H-].[Na+]. The zero-order chi connectivity index (χ0) is 24.2. The molecule has 0 aliphatic rings. The van der Waals surface area contributed by atoms with Gasteiger partial charge in [-0.1, -0.05) is 54.6 Å². The van der Waals surface area contributed by atoms with Crippen LogP contribution in [0, 0.1) is 0 Å². The number of methoxy groups -OCH3 is 1. The van der Waals surface area contributed by atoms with E-state index < -0.39 is 5.97 Å². The van der Waals surface area contributed by atoms with Crippen molar-refractivity contribution in [1.82, 2.24) is 9.97 Å². The number of ether oxygens (including phenoxy) is 1. The van der Waals surface area contributed by atoms with Crippen LogP contribution in [0.5, 0.6) is 5.75 Å². The smallest absolute Gasteiger partial charge is 1.00 e. The molecule has 8 heteroatoms. The van der Waals surface area contributed by atoms with E-state index in [0.717, 1.165) is 39.1 Å². The largest absolute Gasteiger partial charge is 1.00 e. The first kappa shape index (κ1) is 25.4. The minimum Gasteiger partial charge on any atom is -1.00 e. The summed E-state index contributed by atoms with van der Waals surface area (Å²) in [6.07, 6.45) is 1.99. The topological polar surface area (TPSA) is 97.5 Å². The number of carboxylic acids is 1. The molecule has 0 radical (unpaired) electrons. The molecule has 3 aromatic carbocycles. The van der Waals surface area contributed by atoms with Crippen LogP contribution >= 0.6 is 0 Å². The summed E-state index contributed by atoms with van der Waals surface area (Å²) >= 11 is 0. The second kappa shape index (κ2) is 11.4. The Balaban J connectivity index is 0.00000190. The monoisotopic (exact) mass is 489 g/mol.